The van der Waals surface area contributed by atoms with Crippen LogP contribution >= 0.6 is 0 Å². The van der Waals surface area contributed by atoms with Gasteiger partial charge in [0.25, 0.3) is 5.56 Å². The molecule has 174 valence electrons. The number of ether oxygens (including phenoxy) is 1. The van der Waals surface area contributed by atoms with E-state index in [2.05, 4.69) is 14.8 Å². The second-order valence-corrected chi connectivity index (χ2v) is 7.15. The van der Waals surface area contributed by atoms with Crippen molar-refractivity contribution in [2.45, 2.75) is 13.1 Å². The number of aromatic nitrogens is 4. The van der Waals surface area contributed by atoms with Crippen molar-refractivity contribution in [1.29, 1.82) is 0 Å². The van der Waals surface area contributed by atoms with Crippen molar-refractivity contribution in [2.75, 3.05) is 7.11 Å². The fourth-order valence-corrected chi connectivity index (χ4v) is 3.20. The molecule has 34 heavy (non-hydrogen) atoms. The molecule has 2 aromatic heterocycles. The van der Waals surface area contributed by atoms with E-state index < -0.39 is 17.7 Å². The van der Waals surface area contributed by atoms with E-state index >= 15 is 0 Å². The van der Waals surface area contributed by atoms with Crippen LogP contribution in [0, 0.1) is 6.92 Å². The Bertz CT molecular complexity index is 1470. The molecule has 0 aliphatic rings. The van der Waals surface area contributed by atoms with Gasteiger partial charge in [0.1, 0.15) is 5.75 Å². The first kappa shape index (κ1) is 22.8. The fraction of sp³-hybridized carbons (Fsp3) is 0.130. The Morgan fingerprint density at radius 1 is 1.12 bits per heavy atom. The SMILES string of the molecule is COc1cc(/C=C/c2nc3ccccc3c(=O)n2OC(=O)C(F)(F)F)ccc1-n1cnc(C)c1. The lowest BCUT2D eigenvalue weighted by Crippen LogP contribution is -2.39. The number of rotatable bonds is 5. The maximum absolute atomic E-state index is 12.8. The lowest BCUT2D eigenvalue weighted by atomic mass is 10.1. The lowest BCUT2D eigenvalue weighted by Gasteiger charge is -2.12. The van der Waals surface area contributed by atoms with Gasteiger partial charge >= 0.3 is 12.1 Å². The second-order valence-electron chi connectivity index (χ2n) is 7.15. The van der Waals surface area contributed by atoms with E-state index in [9.17, 15) is 22.8 Å². The normalized spacial score (nSPS) is 11.8. The highest BCUT2D eigenvalue weighted by Crippen LogP contribution is 2.25. The Balaban J connectivity index is 1.76. The molecule has 0 saturated heterocycles. The highest BCUT2D eigenvalue weighted by Gasteiger charge is 2.42. The summed E-state index contributed by atoms with van der Waals surface area (Å²) in [6.07, 6.45) is 0.934. The third kappa shape index (κ3) is 4.53. The quantitative estimate of drug-likeness (QED) is 0.443. The number of para-hydroxylation sites is 1. The highest BCUT2D eigenvalue weighted by molar-refractivity contribution is 5.80. The van der Waals surface area contributed by atoms with E-state index in [4.69, 9.17) is 4.74 Å². The van der Waals surface area contributed by atoms with Gasteiger partial charge in [-0.3, -0.25) is 4.79 Å². The summed E-state index contributed by atoms with van der Waals surface area (Å²) < 4.78 is 45.8. The number of benzene rings is 2. The van der Waals surface area contributed by atoms with E-state index in [1.54, 1.807) is 35.2 Å². The van der Waals surface area contributed by atoms with Crippen molar-refractivity contribution in [2.24, 2.45) is 0 Å². The van der Waals surface area contributed by atoms with Crippen molar-refractivity contribution in [1.82, 2.24) is 19.3 Å². The monoisotopic (exact) mass is 470 g/mol. The average Bonchev–Trinajstić information content (AvgIpc) is 3.24. The molecular weight excluding hydrogens is 453 g/mol. The Kier molecular flexibility index (Phi) is 5.93. The van der Waals surface area contributed by atoms with Crippen LogP contribution in [0.15, 0.2) is 59.8 Å². The van der Waals surface area contributed by atoms with Gasteiger partial charge in [-0.15, -0.1) is 4.73 Å². The Morgan fingerprint density at radius 2 is 1.88 bits per heavy atom. The molecule has 0 aliphatic carbocycles. The number of halogens is 3. The van der Waals surface area contributed by atoms with Crippen LogP contribution in [0.25, 0.3) is 28.7 Å². The molecule has 0 bridgehead atoms. The number of alkyl halides is 3. The van der Waals surface area contributed by atoms with Gasteiger partial charge in [0.15, 0.2) is 5.82 Å². The van der Waals surface area contributed by atoms with Crippen LogP contribution < -0.4 is 15.1 Å². The first-order valence-corrected chi connectivity index (χ1v) is 9.86. The standard InChI is InChI=1S/C23H17F3N4O4/c1-14-12-29(13-27-14)18-9-7-15(11-19(18)33-2)8-10-20-28-17-6-4-3-5-16(17)21(31)30(20)34-22(32)23(24,25)26/h3-13H,1-2H3/b10-8+. The van der Waals surface area contributed by atoms with E-state index in [1.807, 2.05) is 13.1 Å². The predicted octanol–water partition coefficient (Wildman–Crippen LogP) is 3.59. The van der Waals surface area contributed by atoms with Gasteiger partial charge in [-0.2, -0.15) is 13.2 Å². The van der Waals surface area contributed by atoms with Crippen LogP contribution in [0.1, 0.15) is 17.1 Å². The van der Waals surface area contributed by atoms with Crippen LogP contribution in [-0.4, -0.2) is 38.5 Å². The maximum Gasteiger partial charge on any atom is 0.493 e. The van der Waals surface area contributed by atoms with Crippen molar-refractivity contribution in [3.63, 3.8) is 0 Å². The van der Waals surface area contributed by atoms with E-state index in [-0.39, 0.29) is 21.5 Å². The number of carbonyl (C=O) groups is 1. The van der Waals surface area contributed by atoms with Gasteiger partial charge in [-0.1, -0.05) is 24.3 Å². The molecule has 0 saturated carbocycles. The fourth-order valence-electron chi connectivity index (χ4n) is 3.20. The number of imidazole rings is 1. The molecule has 8 nitrogen and oxygen atoms in total. The van der Waals surface area contributed by atoms with Crippen LogP contribution in [0.2, 0.25) is 0 Å². The third-order valence-electron chi connectivity index (χ3n) is 4.79. The number of aryl methyl sites for hydroxylation is 1. The van der Waals surface area contributed by atoms with Crippen LogP contribution in [0.5, 0.6) is 5.75 Å². The predicted molar refractivity (Wildman–Crippen MR) is 117 cm³/mol. The molecule has 0 amide bonds. The molecule has 4 aromatic rings. The largest absolute Gasteiger partial charge is 0.495 e. The van der Waals surface area contributed by atoms with Gasteiger partial charge in [-0.25, -0.2) is 14.8 Å². The molecule has 0 N–H and O–H groups in total. The molecule has 0 atom stereocenters. The van der Waals surface area contributed by atoms with Gasteiger partial charge < -0.3 is 14.1 Å². The summed E-state index contributed by atoms with van der Waals surface area (Å²) in [5, 5.41) is -0.00345. The molecule has 0 radical (unpaired) electrons. The molecule has 4 rings (SSSR count). The third-order valence-corrected chi connectivity index (χ3v) is 4.79. The molecular formula is C23H17F3N4O4. The summed E-state index contributed by atoms with van der Waals surface area (Å²) in [7, 11) is 1.50. The zero-order valence-corrected chi connectivity index (χ0v) is 17.9. The summed E-state index contributed by atoms with van der Waals surface area (Å²) in [4.78, 5) is 36.9. The van der Waals surface area contributed by atoms with Crippen LogP contribution in [0.3, 0.4) is 0 Å². The summed E-state index contributed by atoms with van der Waals surface area (Å²) in [5.41, 5.74) is 1.41. The van der Waals surface area contributed by atoms with E-state index in [1.165, 1.54) is 37.5 Å². The number of fused-ring (bicyclic) bond motifs is 1. The molecule has 0 fully saturated rings. The second kappa shape index (κ2) is 8.85. The van der Waals surface area contributed by atoms with E-state index in [0.29, 0.717) is 11.3 Å². The lowest BCUT2D eigenvalue weighted by molar-refractivity contribution is -0.200. The Labute approximate surface area is 190 Å². The number of methoxy groups -OCH3 is 1. The van der Waals surface area contributed by atoms with Crippen molar-refractivity contribution < 1.29 is 27.5 Å². The molecule has 2 aromatic carbocycles. The Morgan fingerprint density at radius 3 is 2.56 bits per heavy atom. The average molecular weight is 470 g/mol. The summed E-state index contributed by atoms with van der Waals surface area (Å²) in [6.45, 7) is 1.85. The minimum absolute atomic E-state index is 0.00345. The zero-order chi connectivity index (χ0) is 24.5. The molecule has 11 heteroatoms. The summed E-state index contributed by atoms with van der Waals surface area (Å²) >= 11 is 0. The minimum atomic E-state index is -5.29. The topological polar surface area (TPSA) is 88.2 Å². The summed E-state index contributed by atoms with van der Waals surface area (Å²) in [5.74, 6) is -2.33. The van der Waals surface area contributed by atoms with Crippen LogP contribution in [0.4, 0.5) is 13.2 Å². The van der Waals surface area contributed by atoms with Crippen molar-refractivity contribution >= 4 is 29.0 Å². The van der Waals surface area contributed by atoms with Crippen molar-refractivity contribution in [3.05, 3.63) is 82.4 Å². The minimum Gasteiger partial charge on any atom is -0.495 e. The molecule has 0 aliphatic heterocycles. The molecule has 2 heterocycles. The zero-order valence-electron chi connectivity index (χ0n) is 17.9. The number of nitrogens with zero attached hydrogens (tertiary/aromatic N) is 4. The molecule has 0 spiro atoms. The van der Waals surface area contributed by atoms with Gasteiger partial charge in [0, 0.05) is 6.20 Å². The first-order valence-electron chi connectivity index (χ1n) is 9.86. The number of carbonyl (C=O) groups excluding carboxylic acids is 1. The van der Waals surface area contributed by atoms with Crippen molar-refractivity contribution in [3.8, 4) is 11.4 Å². The first-order chi connectivity index (χ1) is 16.2. The number of hydrogen-bond donors (Lipinski definition) is 0. The van der Waals surface area contributed by atoms with Gasteiger partial charge in [0.05, 0.1) is 35.7 Å². The molecule has 0 unspecified atom stereocenters. The smallest absolute Gasteiger partial charge is 0.493 e. The maximum atomic E-state index is 12.8. The van der Waals surface area contributed by atoms with Crippen LogP contribution in [-0.2, 0) is 4.79 Å². The Hall–Kier alpha value is -4.41. The summed E-state index contributed by atoms with van der Waals surface area (Å²) in [6, 6.07) is 11.2. The highest BCUT2D eigenvalue weighted by atomic mass is 19.4. The number of hydrogen-bond acceptors (Lipinski definition) is 6. The van der Waals surface area contributed by atoms with Gasteiger partial charge in [-0.05, 0) is 42.8 Å². The van der Waals surface area contributed by atoms with E-state index in [0.717, 1.165) is 11.4 Å². The van der Waals surface area contributed by atoms with Gasteiger partial charge in [0.2, 0.25) is 0 Å².